The minimum absolute atomic E-state index is 0. The van der Waals surface area contributed by atoms with Crippen LogP contribution in [0.2, 0.25) is 0 Å². The SMILES string of the molecule is CC(C)CN1C(=O)N(CC2CC2)C(=O)C12CCN(C(C(=O)CC(C)(C)C)[C@@H]1CNC[C@@H]1c1ccccc1)CC2.Cl. The molecule has 0 radical (unpaired) electrons. The molecule has 3 heterocycles. The maximum absolute atomic E-state index is 14.0. The third kappa shape index (κ3) is 6.27. The van der Waals surface area contributed by atoms with E-state index in [1.807, 2.05) is 11.0 Å². The fourth-order valence-corrected chi connectivity index (χ4v) is 7.21. The summed E-state index contributed by atoms with van der Waals surface area (Å²) in [6, 6.07) is 10.3. The van der Waals surface area contributed by atoms with Crippen molar-refractivity contribution in [3.05, 3.63) is 35.9 Å². The van der Waals surface area contributed by atoms with E-state index in [0.29, 0.717) is 57.1 Å². The molecule has 3 saturated heterocycles. The average Bonchev–Trinajstić information content (AvgIpc) is 3.55. The Balaban J connectivity index is 0.00000370. The van der Waals surface area contributed by atoms with Gasteiger partial charge < -0.3 is 10.2 Å². The summed E-state index contributed by atoms with van der Waals surface area (Å²) in [4.78, 5) is 47.3. The molecule has 0 aromatic heterocycles. The number of carbonyl (C=O) groups excluding carboxylic acids is 3. The van der Waals surface area contributed by atoms with Crippen LogP contribution >= 0.6 is 12.4 Å². The molecule has 3 aliphatic heterocycles. The minimum Gasteiger partial charge on any atom is -0.316 e. The molecule has 3 amide bonds. The molecule has 1 spiro atoms. The number of nitrogens with one attached hydrogen (secondary N) is 1. The van der Waals surface area contributed by atoms with Gasteiger partial charge in [0.25, 0.3) is 5.91 Å². The van der Waals surface area contributed by atoms with Crippen molar-refractivity contribution < 1.29 is 14.4 Å². The Labute approximate surface area is 246 Å². The summed E-state index contributed by atoms with van der Waals surface area (Å²) < 4.78 is 0. The van der Waals surface area contributed by atoms with E-state index in [1.54, 1.807) is 4.90 Å². The second-order valence-corrected chi connectivity index (χ2v) is 14.2. The molecule has 222 valence electrons. The summed E-state index contributed by atoms with van der Waals surface area (Å²) in [5.74, 6) is 1.51. The second kappa shape index (κ2) is 12.1. The third-order valence-electron chi connectivity index (χ3n) is 9.25. The van der Waals surface area contributed by atoms with Gasteiger partial charge >= 0.3 is 6.03 Å². The van der Waals surface area contributed by atoms with E-state index < -0.39 is 5.54 Å². The number of imide groups is 1. The molecule has 5 rings (SSSR count). The van der Waals surface area contributed by atoms with E-state index in [0.717, 1.165) is 25.9 Å². The van der Waals surface area contributed by atoms with E-state index in [-0.39, 0.29) is 53.6 Å². The summed E-state index contributed by atoms with van der Waals surface area (Å²) in [6.45, 7) is 14.8. The number of nitrogens with zero attached hydrogens (tertiary/aromatic N) is 3. The van der Waals surface area contributed by atoms with Crippen LogP contribution in [0.5, 0.6) is 0 Å². The highest BCUT2D eigenvalue weighted by Crippen LogP contribution is 2.43. The number of benzene rings is 1. The molecule has 0 bridgehead atoms. The van der Waals surface area contributed by atoms with Crippen molar-refractivity contribution in [1.29, 1.82) is 0 Å². The maximum atomic E-state index is 14.0. The fraction of sp³-hybridized carbons (Fsp3) is 0.719. The Morgan fingerprint density at radius 2 is 1.70 bits per heavy atom. The summed E-state index contributed by atoms with van der Waals surface area (Å²) in [6.07, 6.45) is 3.94. The van der Waals surface area contributed by atoms with Gasteiger partial charge in [-0.2, -0.15) is 0 Å². The molecule has 1 saturated carbocycles. The van der Waals surface area contributed by atoms with E-state index >= 15 is 0 Å². The minimum atomic E-state index is -0.767. The molecule has 1 aromatic carbocycles. The first kappa shape index (κ1) is 31.0. The highest BCUT2D eigenvalue weighted by Gasteiger charge is 2.59. The Morgan fingerprint density at radius 1 is 1.05 bits per heavy atom. The number of amides is 3. The van der Waals surface area contributed by atoms with Gasteiger partial charge in [-0.25, -0.2) is 4.79 Å². The van der Waals surface area contributed by atoms with Crippen molar-refractivity contribution in [2.45, 2.75) is 84.2 Å². The smallest absolute Gasteiger partial charge is 0.316 e. The van der Waals surface area contributed by atoms with E-state index in [2.05, 4.69) is 69.1 Å². The molecular weight excluding hydrogens is 524 g/mol. The van der Waals surface area contributed by atoms with Crippen molar-refractivity contribution in [3.8, 4) is 0 Å². The van der Waals surface area contributed by atoms with Gasteiger partial charge in [-0.15, -0.1) is 12.4 Å². The second-order valence-electron chi connectivity index (χ2n) is 14.2. The van der Waals surface area contributed by atoms with E-state index in [1.165, 1.54) is 5.56 Å². The van der Waals surface area contributed by atoms with Crippen LogP contribution in [0.15, 0.2) is 30.3 Å². The van der Waals surface area contributed by atoms with Gasteiger partial charge in [0, 0.05) is 57.5 Å². The van der Waals surface area contributed by atoms with Crippen LogP contribution in [-0.4, -0.2) is 83.3 Å². The summed E-state index contributed by atoms with van der Waals surface area (Å²) in [5, 5.41) is 3.59. The van der Waals surface area contributed by atoms with Gasteiger partial charge in [0.05, 0.1) is 6.04 Å². The predicted molar refractivity (Wildman–Crippen MR) is 161 cm³/mol. The quantitative estimate of drug-likeness (QED) is 0.424. The van der Waals surface area contributed by atoms with E-state index in [9.17, 15) is 14.4 Å². The number of piperidine rings is 1. The normalized spacial score (nSPS) is 26.1. The number of halogens is 1. The molecule has 4 fully saturated rings. The topological polar surface area (TPSA) is 73.0 Å². The number of hydrogen-bond acceptors (Lipinski definition) is 5. The van der Waals surface area contributed by atoms with Crippen LogP contribution in [0, 0.1) is 23.2 Å². The lowest BCUT2D eigenvalue weighted by molar-refractivity contribution is -0.137. The van der Waals surface area contributed by atoms with Crippen molar-refractivity contribution in [2.24, 2.45) is 23.2 Å². The van der Waals surface area contributed by atoms with Crippen molar-refractivity contribution >= 4 is 30.1 Å². The number of urea groups is 1. The monoisotopic (exact) mass is 572 g/mol. The molecule has 1 aliphatic carbocycles. The Hall–Kier alpha value is -1.96. The molecule has 1 N–H and O–H groups in total. The first-order valence-electron chi connectivity index (χ1n) is 15.2. The highest BCUT2D eigenvalue weighted by molar-refractivity contribution is 6.07. The molecule has 8 heteroatoms. The Kier molecular flexibility index (Phi) is 9.38. The number of carbonyl (C=O) groups is 3. The van der Waals surface area contributed by atoms with Gasteiger partial charge in [-0.3, -0.25) is 19.4 Å². The lowest BCUT2D eigenvalue weighted by Gasteiger charge is -2.46. The van der Waals surface area contributed by atoms with Crippen LogP contribution in [-0.2, 0) is 9.59 Å². The molecular formula is C32H49ClN4O3. The molecule has 4 aliphatic rings. The van der Waals surface area contributed by atoms with Gasteiger partial charge in [0.2, 0.25) is 0 Å². The van der Waals surface area contributed by atoms with Gasteiger partial charge in [0.1, 0.15) is 5.54 Å². The lowest BCUT2D eigenvalue weighted by atomic mass is 9.76. The number of ketones is 1. The first-order chi connectivity index (χ1) is 18.5. The summed E-state index contributed by atoms with van der Waals surface area (Å²) in [5.41, 5.74) is 0.424. The van der Waals surface area contributed by atoms with E-state index in [4.69, 9.17) is 0 Å². The summed E-state index contributed by atoms with van der Waals surface area (Å²) in [7, 11) is 0. The molecule has 3 atom stereocenters. The van der Waals surface area contributed by atoms with Gasteiger partial charge in [0.15, 0.2) is 5.78 Å². The zero-order valence-corrected chi connectivity index (χ0v) is 25.8. The zero-order chi connectivity index (χ0) is 27.9. The fourth-order valence-electron chi connectivity index (χ4n) is 7.21. The largest absolute Gasteiger partial charge is 0.327 e. The van der Waals surface area contributed by atoms with Crippen LogP contribution in [0.25, 0.3) is 0 Å². The standard InChI is InChI=1S/C32H48N4O3.ClH/c1-22(2)20-36-30(39)35(21-23-11-12-23)29(38)32(36)13-15-34(16-14-32)28(27(37)17-31(3,4)5)26-19-33-18-25(26)24-9-7-6-8-10-24;/h6-10,22-23,25-26,28,33H,11-21H2,1-5H3;1H/t25-,26-,28?;/m1./s1. The lowest BCUT2D eigenvalue weighted by Crippen LogP contribution is -2.60. The molecule has 1 aromatic rings. The number of hydrogen-bond donors (Lipinski definition) is 1. The van der Waals surface area contributed by atoms with Crippen molar-refractivity contribution in [3.63, 3.8) is 0 Å². The highest BCUT2D eigenvalue weighted by atomic mass is 35.5. The number of likely N-dealkylation sites (tertiary alicyclic amines) is 1. The number of Topliss-reactive ketones (excluding diaryl/α,β-unsaturated/α-hetero) is 1. The van der Waals surface area contributed by atoms with Crippen LogP contribution in [0.4, 0.5) is 4.79 Å². The molecule has 7 nitrogen and oxygen atoms in total. The maximum Gasteiger partial charge on any atom is 0.327 e. The van der Waals surface area contributed by atoms with Crippen LogP contribution < -0.4 is 5.32 Å². The third-order valence-corrected chi connectivity index (χ3v) is 9.25. The van der Waals surface area contributed by atoms with Crippen molar-refractivity contribution in [2.75, 3.05) is 39.3 Å². The Bertz CT molecular complexity index is 1060. The summed E-state index contributed by atoms with van der Waals surface area (Å²) >= 11 is 0. The van der Waals surface area contributed by atoms with Gasteiger partial charge in [-0.1, -0.05) is 65.0 Å². The van der Waals surface area contributed by atoms with Crippen molar-refractivity contribution in [1.82, 2.24) is 20.0 Å². The van der Waals surface area contributed by atoms with Crippen LogP contribution in [0.1, 0.15) is 78.2 Å². The predicted octanol–water partition coefficient (Wildman–Crippen LogP) is 4.95. The average molecular weight is 573 g/mol. The zero-order valence-electron chi connectivity index (χ0n) is 25.0. The molecule has 40 heavy (non-hydrogen) atoms. The molecule has 1 unspecified atom stereocenters. The Morgan fingerprint density at radius 3 is 2.27 bits per heavy atom. The number of rotatable bonds is 9. The van der Waals surface area contributed by atoms with Gasteiger partial charge in [-0.05, 0) is 48.5 Å². The van der Waals surface area contributed by atoms with Crippen LogP contribution in [0.3, 0.4) is 0 Å². The first-order valence-corrected chi connectivity index (χ1v) is 15.2.